The van der Waals surface area contributed by atoms with Crippen molar-refractivity contribution in [3.8, 4) is 23.1 Å². The molecule has 0 saturated carbocycles. The molecule has 30 heavy (non-hydrogen) atoms. The topological polar surface area (TPSA) is 67.4 Å². The normalized spacial score (nSPS) is 11.9. The van der Waals surface area contributed by atoms with E-state index in [0.717, 1.165) is 39.6 Å². The number of aromatic nitrogens is 2. The Bertz CT molecular complexity index is 1270. The van der Waals surface area contributed by atoms with Crippen molar-refractivity contribution in [3.05, 3.63) is 83.7 Å². The lowest BCUT2D eigenvalue weighted by atomic mass is 10.1. The van der Waals surface area contributed by atoms with E-state index in [2.05, 4.69) is 13.0 Å². The van der Waals surface area contributed by atoms with Crippen LogP contribution in [0.15, 0.2) is 71.8 Å². The molecule has 1 atom stereocenters. The minimum atomic E-state index is -0.984. The summed E-state index contributed by atoms with van der Waals surface area (Å²) < 4.78 is 19.5. The summed E-state index contributed by atoms with van der Waals surface area (Å²) in [7, 11) is -0.984. The highest BCUT2D eigenvalue weighted by Gasteiger charge is 2.15. The molecule has 6 heteroatoms. The molecule has 4 aromatic rings. The molecule has 2 heterocycles. The number of nitrogens with zero attached hydrogens (tertiary/aromatic N) is 3. The van der Waals surface area contributed by atoms with Crippen LogP contribution in [-0.2, 0) is 23.8 Å². The summed E-state index contributed by atoms with van der Waals surface area (Å²) in [5, 5.41) is 9.41. The van der Waals surface area contributed by atoms with Crippen molar-refractivity contribution in [3.63, 3.8) is 0 Å². The van der Waals surface area contributed by atoms with E-state index >= 15 is 0 Å². The summed E-state index contributed by atoms with van der Waals surface area (Å²) in [5.41, 5.74) is 5.15. The number of nitriles is 1. The van der Waals surface area contributed by atoms with Crippen molar-refractivity contribution in [1.82, 2.24) is 9.38 Å². The van der Waals surface area contributed by atoms with Crippen molar-refractivity contribution < 1.29 is 8.95 Å². The molecule has 0 aliphatic carbocycles. The highest BCUT2D eigenvalue weighted by Crippen LogP contribution is 2.29. The number of ether oxygens (including phenoxy) is 1. The summed E-state index contributed by atoms with van der Waals surface area (Å²) in [6.07, 6.45) is 4.36. The molecule has 0 radical (unpaired) electrons. The molecule has 5 nitrogen and oxygen atoms in total. The van der Waals surface area contributed by atoms with E-state index in [1.54, 1.807) is 12.3 Å². The average Bonchev–Trinajstić information content (AvgIpc) is 3.17. The van der Waals surface area contributed by atoms with Gasteiger partial charge in [0.15, 0.2) is 5.65 Å². The molecule has 0 amide bonds. The van der Waals surface area contributed by atoms with Crippen LogP contribution in [0, 0.1) is 11.3 Å². The Morgan fingerprint density at radius 3 is 2.63 bits per heavy atom. The first-order chi connectivity index (χ1) is 14.6. The van der Waals surface area contributed by atoms with Gasteiger partial charge in [0.25, 0.3) is 0 Å². The number of fused-ring (bicyclic) bond motifs is 1. The van der Waals surface area contributed by atoms with Gasteiger partial charge in [-0.1, -0.05) is 31.2 Å². The van der Waals surface area contributed by atoms with Crippen LogP contribution in [0.4, 0.5) is 0 Å². The molecule has 1 unspecified atom stereocenters. The number of aryl methyl sites for hydroxylation is 1. The van der Waals surface area contributed by atoms with Crippen molar-refractivity contribution in [2.45, 2.75) is 24.8 Å². The molecule has 0 bridgehead atoms. The predicted octanol–water partition coefficient (Wildman–Crippen LogP) is 4.75. The maximum absolute atomic E-state index is 11.5. The highest BCUT2D eigenvalue weighted by molar-refractivity contribution is 7.84. The van der Waals surface area contributed by atoms with Crippen LogP contribution >= 0.6 is 0 Å². The first-order valence-electron chi connectivity index (χ1n) is 9.66. The monoisotopic (exact) mass is 415 g/mol. The van der Waals surface area contributed by atoms with Crippen LogP contribution < -0.4 is 4.74 Å². The van der Waals surface area contributed by atoms with Crippen LogP contribution in [0.1, 0.15) is 23.7 Å². The Morgan fingerprint density at radius 1 is 1.13 bits per heavy atom. The summed E-state index contributed by atoms with van der Waals surface area (Å²) in [6, 6.07) is 21.4. The standard InChI is InChI=1S/C24H21N3O2S/c1-3-22-23(27-13-5-7-19(15-25)24(27)26-22)18-6-4-8-20(14-18)29-16-17-9-11-21(12-10-17)30(2)28/h4-14H,3,16H2,1-2H3. The zero-order valence-corrected chi connectivity index (χ0v) is 17.6. The number of hydrogen-bond donors (Lipinski definition) is 0. The fourth-order valence-electron chi connectivity index (χ4n) is 3.43. The van der Waals surface area contributed by atoms with E-state index < -0.39 is 10.8 Å². The zero-order chi connectivity index (χ0) is 21.1. The van der Waals surface area contributed by atoms with Gasteiger partial charge in [-0.2, -0.15) is 5.26 Å². The van der Waals surface area contributed by atoms with Gasteiger partial charge in [-0.15, -0.1) is 0 Å². The lowest BCUT2D eigenvalue weighted by Crippen LogP contribution is -1.97. The number of rotatable bonds is 6. The molecule has 4 rings (SSSR count). The van der Waals surface area contributed by atoms with Gasteiger partial charge >= 0.3 is 0 Å². The quantitative estimate of drug-likeness (QED) is 0.456. The smallest absolute Gasteiger partial charge is 0.155 e. The van der Waals surface area contributed by atoms with Crippen LogP contribution in [0.5, 0.6) is 5.75 Å². The second kappa shape index (κ2) is 8.52. The van der Waals surface area contributed by atoms with E-state index in [4.69, 9.17) is 9.72 Å². The highest BCUT2D eigenvalue weighted by atomic mass is 32.2. The van der Waals surface area contributed by atoms with Crippen LogP contribution in [0.2, 0.25) is 0 Å². The molecular formula is C24H21N3O2S. The minimum absolute atomic E-state index is 0.423. The molecule has 0 N–H and O–H groups in total. The predicted molar refractivity (Wildman–Crippen MR) is 118 cm³/mol. The molecular weight excluding hydrogens is 394 g/mol. The second-order valence-corrected chi connectivity index (χ2v) is 8.28. The van der Waals surface area contributed by atoms with E-state index in [1.807, 2.05) is 65.2 Å². The lowest BCUT2D eigenvalue weighted by Gasteiger charge is -2.10. The van der Waals surface area contributed by atoms with Crippen molar-refractivity contribution in [2.24, 2.45) is 0 Å². The third-order valence-corrected chi connectivity index (χ3v) is 5.88. The fourth-order valence-corrected chi connectivity index (χ4v) is 3.95. The maximum Gasteiger partial charge on any atom is 0.155 e. The van der Waals surface area contributed by atoms with Gasteiger partial charge in [0.1, 0.15) is 18.4 Å². The van der Waals surface area contributed by atoms with Crippen molar-refractivity contribution >= 4 is 16.4 Å². The molecule has 2 aromatic heterocycles. The van der Waals surface area contributed by atoms with Gasteiger partial charge < -0.3 is 4.74 Å². The largest absolute Gasteiger partial charge is 0.489 e. The lowest BCUT2D eigenvalue weighted by molar-refractivity contribution is 0.306. The third kappa shape index (κ3) is 3.85. The van der Waals surface area contributed by atoms with Crippen LogP contribution in [0.25, 0.3) is 16.9 Å². The van der Waals surface area contributed by atoms with E-state index in [0.29, 0.717) is 17.8 Å². The molecule has 150 valence electrons. The summed E-state index contributed by atoms with van der Waals surface area (Å²) in [6.45, 7) is 2.48. The van der Waals surface area contributed by atoms with Gasteiger partial charge in [-0.05, 0) is 48.4 Å². The first kappa shape index (κ1) is 19.9. The fraction of sp³-hybridized carbons (Fsp3) is 0.167. The van der Waals surface area contributed by atoms with E-state index in [9.17, 15) is 9.47 Å². The molecule has 0 fully saturated rings. The molecule has 0 spiro atoms. The van der Waals surface area contributed by atoms with Gasteiger partial charge in [0.05, 0.1) is 17.0 Å². The van der Waals surface area contributed by atoms with Gasteiger partial charge in [0, 0.05) is 33.7 Å². The van der Waals surface area contributed by atoms with E-state index in [1.165, 1.54) is 0 Å². The Kier molecular flexibility index (Phi) is 5.64. The maximum atomic E-state index is 11.5. The zero-order valence-electron chi connectivity index (χ0n) is 16.8. The van der Waals surface area contributed by atoms with Crippen LogP contribution in [-0.4, -0.2) is 19.8 Å². The molecule has 0 saturated heterocycles. The van der Waals surface area contributed by atoms with E-state index in [-0.39, 0.29) is 0 Å². The summed E-state index contributed by atoms with van der Waals surface area (Å²) >= 11 is 0. The molecule has 2 aromatic carbocycles. The molecule has 0 aliphatic rings. The Hall–Kier alpha value is -3.43. The first-order valence-corrected chi connectivity index (χ1v) is 11.2. The Labute approximate surface area is 178 Å². The summed E-state index contributed by atoms with van der Waals surface area (Å²) in [4.78, 5) is 5.50. The van der Waals surface area contributed by atoms with Crippen LogP contribution in [0.3, 0.4) is 0 Å². The third-order valence-electron chi connectivity index (χ3n) is 4.95. The number of pyridine rings is 1. The Morgan fingerprint density at radius 2 is 1.93 bits per heavy atom. The minimum Gasteiger partial charge on any atom is -0.489 e. The number of benzene rings is 2. The SMILES string of the molecule is CCc1nc2c(C#N)cccn2c1-c1cccc(OCc2ccc(S(C)=O)cc2)c1. The van der Waals surface area contributed by atoms with Crippen molar-refractivity contribution in [1.29, 1.82) is 5.26 Å². The van der Waals surface area contributed by atoms with Crippen molar-refractivity contribution in [2.75, 3.05) is 6.26 Å². The summed E-state index contributed by atoms with van der Waals surface area (Å²) in [5.74, 6) is 0.754. The average molecular weight is 416 g/mol. The van der Waals surface area contributed by atoms with Gasteiger partial charge in [0.2, 0.25) is 0 Å². The molecule has 0 aliphatic heterocycles. The van der Waals surface area contributed by atoms with Gasteiger partial charge in [-0.3, -0.25) is 8.61 Å². The number of imidazole rings is 1. The second-order valence-electron chi connectivity index (χ2n) is 6.90. The van der Waals surface area contributed by atoms with Gasteiger partial charge in [-0.25, -0.2) is 4.98 Å². The Balaban J connectivity index is 1.64. The number of hydrogen-bond acceptors (Lipinski definition) is 4.